The van der Waals surface area contributed by atoms with E-state index in [4.69, 9.17) is 0 Å². The van der Waals surface area contributed by atoms with Crippen LogP contribution in [0.15, 0.2) is 41.8 Å². The molecule has 0 radical (unpaired) electrons. The van der Waals surface area contributed by atoms with Crippen LogP contribution in [0, 0.1) is 0 Å². The molecule has 23 heavy (non-hydrogen) atoms. The van der Waals surface area contributed by atoms with Crippen LogP contribution in [0.5, 0.6) is 0 Å². The quantitative estimate of drug-likeness (QED) is 0.791. The number of rotatable bonds is 6. The summed E-state index contributed by atoms with van der Waals surface area (Å²) in [6, 6.07) is 10.0. The highest BCUT2D eigenvalue weighted by Gasteiger charge is 2.08. The Morgan fingerprint density at radius 1 is 1.09 bits per heavy atom. The number of anilines is 1. The summed E-state index contributed by atoms with van der Waals surface area (Å²) in [5.41, 5.74) is 0.935. The fraction of sp³-hybridized carbons (Fsp3) is 0.188. The molecule has 0 aliphatic carbocycles. The average Bonchev–Trinajstić information content (AvgIpc) is 3.06. The van der Waals surface area contributed by atoms with Crippen molar-refractivity contribution in [1.29, 1.82) is 0 Å². The van der Waals surface area contributed by atoms with Gasteiger partial charge in [-0.05, 0) is 35.7 Å². The van der Waals surface area contributed by atoms with Crippen molar-refractivity contribution in [1.82, 2.24) is 5.32 Å². The molecule has 0 atom stereocenters. The Balaban J connectivity index is 1.78. The van der Waals surface area contributed by atoms with E-state index in [0.29, 0.717) is 11.3 Å². The molecule has 2 amide bonds. The van der Waals surface area contributed by atoms with E-state index in [1.165, 1.54) is 18.4 Å². The number of ether oxygens (including phenoxy) is 1. The number of carbonyl (C=O) groups excluding carboxylic acids is 3. The number of carbonyl (C=O) groups is 3. The zero-order chi connectivity index (χ0) is 16.7. The van der Waals surface area contributed by atoms with Gasteiger partial charge in [-0.3, -0.25) is 9.59 Å². The molecule has 0 saturated carbocycles. The maximum absolute atomic E-state index is 11.8. The molecular formula is C16H16N2O4S. The fourth-order valence-corrected chi connectivity index (χ4v) is 2.53. The van der Waals surface area contributed by atoms with Crippen LogP contribution in [0.25, 0.3) is 0 Å². The molecule has 120 valence electrons. The Bertz CT molecular complexity index is 681. The van der Waals surface area contributed by atoms with Crippen molar-refractivity contribution in [3.63, 3.8) is 0 Å². The van der Waals surface area contributed by atoms with Crippen LogP contribution >= 0.6 is 11.3 Å². The standard InChI is InChI=1S/C16H16N2O4S/c1-22-16(21)11-4-6-12(7-5-11)18-15(20)10-17-14(19)9-13-3-2-8-23-13/h2-8H,9-10H2,1H3,(H,17,19)(H,18,20). The van der Waals surface area contributed by atoms with E-state index in [9.17, 15) is 14.4 Å². The predicted octanol–water partition coefficient (Wildman–Crippen LogP) is 1.83. The topological polar surface area (TPSA) is 84.5 Å². The molecule has 2 N–H and O–H groups in total. The van der Waals surface area contributed by atoms with Crippen LogP contribution in [-0.2, 0) is 20.7 Å². The summed E-state index contributed by atoms with van der Waals surface area (Å²) in [5, 5.41) is 7.09. The molecule has 0 fully saturated rings. The van der Waals surface area contributed by atoms with E-state index in [2.05, 4.69) is 15.4 Å². The third kappa shape index (κ3) is 5.23. The molecule has 0 bridgehead atoms. The monoisotopic (exact) mass is 332 g/mol. The Hall–Kier alpha value is -2.67. The van der Waals surface area contributed by atoms with E-state index in [-0.39, 0.29) is 24.8 Å². The van der Waals surface area contributed by atoms with Gasteiger partial charge < -0.3 is 15.4 Å². The first kappa shape index (κ1) is 16.7. The molecular weight excluding hydrogens is 316 g/mol. The van der Waals surface area contributed by atoms with Crippen LogP contribution in [0.4, 0.5) is 5.69 Å². The molecule has 1 heterocycles. The van der Waals surface area contributed by atoms with Gasteiger partial charge in [0.1, 0.15) is 0 Å². The molecule has 1 aromatic heterocycles. The number of hydrogen-bond acceptors (Lipinski definition) is 5. The minimum Gasteiger partial charge on any atom is -0.465 e. The molecule has 2 rings (SSSR count). The number of nitrogens with one attached hydrogen (secondary N) is 2. The second-order valence-corrected chi connectivity index (χ2v) is 5.68. The van der Waals surface area contributed by atoms with E-state index in [0.717, 1.165) is 4.88 Å². The van der Waals surface area contributed by atoms with Crippen molar-refractivity contribution in [2.75, 3.05) is 19.0 Å². The van der Waals surface area contributed by atoms with Crippen molar-refractivity contribution in [2.24, 2.45) is 0 Å². The molecule has 0 saturated heterocycles. The van der Waals surface area contributed by atoms with Gasteiger partial charge in [0.05, 0.1) is 25.6 Å². The lowest BCUT2D eigenvalue weighted by Gasteiger charge is -2.07. The summed E-state index contributed by atoms with van der Waals surface area (Å²) >= 11 is 1.49. The van der Waals surface area contributed by atoms with E-state index in [1.54, 1.807) is 24.3 Å². The molecule has 2 aromatic rings. The van der Waals surface area contributed by atoms with Crippen LogP contribution < -0.4 is 10.6 Å². The smallest absolute Gasteiger partial charge is 0.337 e. The van der Waals surface area contributed by atoms with Gasteiger partial charge in [0.2, 0.25) is 11.8 Å². The van der Waals surface area contributed by atoms with Crippen LogP contribution in [0.3, 0.4) is 0 Å². The van der Waals surface area contributed by atoms with Gasteiger partial charge in [-0.1, -0.05) is 6.07 Å². The fourth-order valence-electron chi connectivity index (χ4n) is 1.83. The molecule has 6 nitrogen and oxygen atoms in total. The van der Waals surface area contributed by atoms with Crippen molar-refractivity contribution in [2.45, 2.75) is 6.42 Å². The molecule has 1 aromatic carbocycles. The van der Waals surface area contributed by atoms with Crippen LogP contribution in [0.2, 0.25) is 0 Å². The van der Waals surface area contributed by atoms with E-state index >= 15 is 0 Å². The SMILES string of the molecule is COC(=O)c1ccc(NC(=O)CNC(=O)Cc2cccs2)cc1. The molecule has 0 spiro atoms. The molecule has 0 aliphatic rings. The number of amides is 2. The molecule has 0 unspecified atom stereocenters. The average molecular weight is 332 g/mol. The Kier molecular flexibility index (Phi) is 5.87. The maximum Gasteiger partial charge on any atom is 0.337 e. The molecule has 0 aliphatic heterocycles. The summed E-state index contributed by atoms with van der Waals surface area (Å²) in [4.78, 5) is 35.7. The zero-order valence-electron chi connectivity index (χ0n) is 12.5. The van der Waals surface area contributed by atoms with E-state index < -0.39 is 5.97 Å². The van der Waals surface area contributed by atoms with Crippen molar-refractivity contribution in [3.8, 4) is 0 Å². The second kappa shape index (κ2) is 8.09. The van der Waals surface area contributed by atoms with Crippen molar-refractivity contribution >= 4 is 34.8 Å². The lowest BCUT2D eigenvalue weighted by Crippen LogP contribution is -2.33. The number of thiophene rings is 1. The summed E-state index contributed by atoms with van der Waals surface area (Å²) < 4.78 is 4.59. The Morgan fingerprint density at radius 3 is 2.43 bits per heavy atom. The van der Waals surface area contributed by atoms with Gasteiger partial charge in [0.25, 0.3) is 0 Å². The summed E-state index contributed by atoms with van der Waals surface area (Å²) in [6.07, 6.45) is 0.263. The number of methoxy groups -OCH3 is 1. The second-order valence-electron chi connectivity index (χ2n) is 4.65. The largest absolute Gasteiger partial charge is 0.465 e. The number of benzene rings is 1. The molecule has 7 heteroatoms. The van der Waals surface area contributed by atoms with Gasteiger partial charge in [0, 0.05) is 10.6 Å². The highest BCUT2D eigenvalue weighted by Crippen LogP contribution is 2.10. The predicted molar refractivity (Wildman–Crippen MR) is 87.4 cm³/mol. The number of hydrogen-bond donors (Lipinski definition) is 2. The first-order valence-corrected chi connectivity index (χ1v) is 7.74. The van der Waals surface area contributed by atoms with Gasteiger partial charge in [-0.15, -0.1) is 11.3 Å². The summed E-state index contributed by atoms with van der Waals surface area (Å²) in [7, 11) is 1.30. The minimum absolute atomic E-state index is 0.108. The normalized spacial score (nSPS) is 9.96. The van der Waals surface area contributed by atoms with Gasteiger partial charge in [-0.2, -0.15) is 0 Å². The maximum atomic E-state index is 11.8. The Morgan fingerprint density at radius 2 is 1.83 bits per heavy atom. The third-order valence-electron chi connectivity index (χ3n) is 2.95. The third-order valence-corrected chi connectivity index (χ3v) is 3.83. The lowest BCUT2D eigenvalue weighted by molar-refractivity contribution is -0.123. The van der Waals surface area contributed by atoms with Crippen molar-refractivity contribution in [3.05, 3.63) is 52.2 Å². The van der Waals surface area contributed by atoms with Crippen LogP contribution in [0.1, 0.15) is 15.2 Å². The first-order valence-electron chi connectivity index (χ1n) is 6.86. The zero-order valence-corrected chi connectivity index (χ0v) is 13.3. The van der Waals surface area contributed by atoms with Crippen LogP contribution in [-0.4, -0.2) is 31.4 Å². The summed E-state index contributed by atoms with van der Waals surface area (Å²) in [6.45, 7) is -0.108. The van der Waals surface area contributed by atoms with E-state index in [1.807, 2.05) is 17.5 Å². The minimum atomic E-state index is -0.441. The Labute approximate surface area is 137 Å². The van der Waals surface area contributed by atoms with Crippen molar-refractivity contribution < 1.29 is 19.1 Å². The number of esters is 1. The first-order chi connectivity index (χ1) is 11.1. The summed E-state index contributed by atoms with van der Waals surface area (Å²) in [5.74, 6) is -0.984. The van der Waals surface area contributed by atoms with Gasteiger partial charge in [-0.25, -0.2) is 4.79 Å². The van der Waals surface area contributed by atoms with Gasteiger partial charge in [0.15, 0.2) is 0 Å². The van der Waals surface area contributed by atoms with Gasteiger partial charge >= 0.3 is 5.97 Å². The highest BCUT2D eigenvalue weighted by atomic mass is 32.1. The lowest BCUT2D eigenvalue weighted by atomic mass is 10.2. The highest BCUT2D eigenvalue weighted by molar-refractivity contribution is 7.10.